The summed E-state index contributed by atoms with van der Waals surface area (Å²) >= 11 is 0. The molecule has 138 heavy (non-hydrogen) atoms. The summed E-state index contributed by atoms with van der Waals surface area (Å²) in [4.78, 5) is 48.3. The van der Waals surface area contributed by atoms with Gasteiger partial charge in [0.1, 0.15) is 58.8 Å². The molecule has 0 aliphatic carbocycles. The van der Waals surface area contributed by atoms with Crippen molar-refractivity contribution in [2.45, 2.75) is 70.9 Å². The Morgan fingerprint density at radius 3 is 1.25 bits per heavy atom. The summed E-state index contributed by atoms with van der Waals surface area (Å²) in [7, 11) is 15.1. The molecule has 0 bridgehead atoms. The van der Waals surface area contributed by atoms with Gasteiger partial charge in [-0.25, -0.2) is 24.6 Å². The summed E-state index contributed by atoms with van der Waals surface area (Å²) in [6.07, 6.45) is 25.8. The summed E-state index contributed by atoms with van der Waals surface area (Å²) in [6, 6.07) is 46.2. The lowest BCUT2D eigenvalue weighted by molar-refractivity contribution is -0.0394. The van der Waals surface area contributed by atoms with Crippen molar-refractivity contribution < 1.29 is 73.3 Å². The number of hydrogen-bond donors (Lipinski definition) is 6. The Kier molecular flexibility index (Phi) is 33.1. The first-order valence-corrected chi connectivity index (χ1v) is 45.6. The number of fused-ring (bicyclic) bond motifs is 4. The number of aromatic nitrogens is 16. The molecule has 8 aromatic heterocycles. The van der Waals surface area contributed by atoms with Crippen molar-refractivity contribution in [3.8, 4) is 91.0 Å². The second kappa shape index (κ2) is 46.7. The van der Waals surface area contributed by atoms with Crippen LogP contribution in [0.3, 0.4) is 0 Å². The molecule has 0 radical (unpaired) electrons. The van der Waals surface area contributed by atoms with Crippen molar-refractivity contribution in [1.82, 2.24) is 83.9 Å². The minimum absolute atomic E-state index is 0.00555. The van der Waals surface area contributed by atoms with E-state index in [1.165, 1.54) is 0 Å². The van der Waals surface area contributed by atoms with E-state index in [4.69, 9.17) is 72.8 Å². The van der Waals surface area contributed by atoms with E-state index < -0.39 is 6.10 Å². The SMILES string of the molecule is COc1cc(OC)cc(N(CC(O)C(C)C)c2ccc3ncc(-c4cnn(C)c4)nc3c2)c1.COc1cc(OC)cc(N(CCN2CCC(O)CC2)c2ccc3ncc(-c4cnn(C)c4)nc3c2)c1.COc1cc(OCCO)cc(N(CCO)c2ccc3ncc(-c4cnn(CCO)c4)nc3c2)c1.COc1ccc(OC)c(N(CCO)c2ccc3ncc(-c4cnn(C5CCCCO5)c4)nc3c2)c1. The van der Waals surface area contributed by atoms with Crippen molar-refractivity contribution in [3.63, 3.8) is 0 Å². The number of rotatable bonds is 35. The van der Waals surface area contributed by atoms with E-state index in [0.717, 1.165) is 200 Å². The summed E-state index contributed by atoms with van der Waals surface area (Å²) in [5.74, 6) is 5.43. The minimum Gasteiger partial charge on any atom is -0.497 e. The first-order valence-electron chi connectivity index (χ1n) is 45.6. The summed E-state index contributed by atoms with van der Waals surface area (Å²) < 4.78 is 56.9. The van der Waals surface area contributed by atoms with Crippen LogP contribution in [0.25, 0.3) is 89.2 Å². The smallest absolute Gasteiger partial charge is 0.150 e. The van der Waals surface area contributed by atoms with Crippen molar-refractivity contribution in [1.29, 1.82) is 0 Å². The number of methoxy groups -OCH3 is 7. The Bertz CT molecular complexity index is 6680. The van der Waals surface area contributed by atoms with Crippen molar-refractivity contribution >= 4 is 89.6 Å². The maximum Gasteiger partial charge on any atom is 0.150 e. The Morgan fingerprint density at radius 1 is 0.391 bits per heavy atom. The van der Waals surface area contributed by atoms with Gasteiger partial charge in [0.2, 0.25) is 0 Å². The zero-order valence-corrected chi connectivity index (χ0v) is 79.3. The number of anilines is 8. The Morgan fingerprint density at radius 2 is 0.819 bits per heavy atom. The molecule has 2 saturated heterocycles. The molecule has 10 heterocycles. The lowest BCUT2D eigenvalue weighted by atomic mass is 10.1. The van der Waals surface area contributed by atoms with E-state index in [9.17, 15) is 20.4 Å². The maximum atomic E-state index is 10.7. The molecule has 0 amide bonds. The molecule has 6 N–H and O–H groups in total. The zero-order valence-electron chi connectivity index (χ0n) is 79.3. The first kappa shape index (κ1) is 97.8. The number of piperidine rings is 1. The molecule has 8 aromatic carbocycles. The van der Waals surface area contributed by atoms with Crippen LogP contribution in [0.2, 0.25) is 0 Å². The molecule has 2 aliphatic heterocycles. The predicted molar refractivity (Wildman–Crippen MR) is 530 cm³/mol. The van der Waals surface area contributed by atoms with Gasteiger partial charge >= 0.3 is 0 Å². The van der Waals surface area contributed by atoms with Gasteiger partial charge in [-0.15, -0.1) is 0 Å². The van der Waals surface area contributed by atoms with Crippen LogP contribution in [0.15, 0.2) is 220 Å². The maximum absolute atomic E-state index is 10.7. The molecule has 16 aromatic rings. The molecule has 2 atom stereocenters. The highest BCUT2D eigenvalue weighted by molar-refractivity contribution is 5.87. The van der Waals surface area contributed by atoms with Gasteiger partial charge in [0.25, 0.3) is 0 Å². The second-order valence-electron chi connectivity index (χ2n) is 33.3. The Labute approximate surface area is 799 Å². The Balaban J connectivity index is 0.000000140. The number of benzene rings is 8. The molecular formula is C102H117N21O15. The molecule has 0 saturated carbocycles. The minimum atomic E-state index is -0.536. The summed E-state index contributed by atoms with van der Waals surface area (Å²) in [5.41, 5.74) is 19.5. The fourth-order valence-electron chi connectivity index (χ4n) is 16.1. The van der Waals surface area contributed by atoms with Crippen LogP contribution in [0.4, 0.5) is 45.5 Å². The second-order valence-corrected chi connectivity index (χ2v) is 33.3. The highest BCUT2D eigenvalue weighted by Crippen LogP contribution is 2.42. The lowest BCUT2D eigenvalue weighted by Gasteiger charge is -2.33. The van der Waals surface area contributed by atoms with Crippen LogP contribution < -0.4 is 57.5 Å². The van der Waals surface area contributed by atoms with Crippen molar-refractivity contribution in [2.75, 3.05) is 155 Å². The number of likely N-dealkylation sites (tertiary alicyclic amines) is 1. The Hall–Kier alpha value is -14.8. The molecule has 2 unspecified atom stereocenters. The van der Waals surface area contributed by atoms with Gasteiger partial charge in [0.05, 0.1) is 217 Å². The largest absolute Gasteiger partial charge is 0.497 e. The van der Waals surface area contributed by atoms with E-state index >= 15 is 0 Å². The van der Waals surface area contributed by atoms with Crippen LogP contribution in [-0.4, -0.2) is 262 Å². The summed E-state index contributed by atoms with van der Waals surface area (Å²) in [6.45, 7) is 9.66. The van der Waals surface area contributed by atoms with Crippen molar-refractivity contribution in [3.05, 3.63) is 220 Å². The fourth-order valence-corrected chi connectivity index (χ4v) is 16.1. The van der Waals surface area contributed by atoms with E-state index in [0.29, 0.717) is 71.9 Å². The standard InChI is InChI=1S/C27H32N6O3.C26H29N5O4.C25H29N5O3.C24H27N5O5/c1-31-18-19(16-29-31)27-17-28-25-5-4-20(14-26(25)30-27)33(11-10-32-8-6-22(34)7-9-32)21-12-23(35-2)15-24(13-21)36-3;1-33-20-7-9-25(34-2)24(14-20)30(10-11-32)19-6-8-21-22(13-19)29-23(16-27-21)18-15-28-31(17-18)26-5-3-4-12-35-26;1-16(2)25(31)15-30(19-8-20(32-4)11-21(9-19)33-5)18-6-7-22-23(10-18)28-24(13-26-22)17-12-27-29(3)14-17;1-33-20-10-19(11-21(13-20)34-9-8-32)29(5-7-31)18-2-3-22-23(12-18)27-24(15-25-22)17-14-26-28(16-17)4-6-30/h4-5,12-18,22,34H,6-11H2,1-3H3;6-9,13-17,26,32H,3-5,10-12H2,1-2H3;6-14,16,25,31H,15H2,1-5H3;2-3,10-16,30-32H,4-9H2,1H3. The number of aliphatic hydroxyl groups is 6. The molecule has 2 aliphatic rings. The van der Waals surface area contributed by atoms with Crippen molar-refractivity contribution in [2.24, 2.45) is 20.0 Å². The number of aryl methyl sites for hydroxylation is 2. The zero-order chi connectivity index (χ0) is 96.7. The van der Waals surface area contributed by atoms with E-state index in [1.807, 2.05) is 200 Å². The third-order valence-corrected chi connectivity index (χ3v) is 23.7. The molecule has 2 fully saturated rings. The number of hydrogen-bond acceptors (Lipinski definition) is 32. The monoisotopic (exact) mass is 1880 g/mol. The lowest BCUT2D eigenvalue weighted by Crippen LogP contribution is -2.40. The van der Waals surface area contributed by atoms with Crippen LogP contribution in [0, 0.1) is 5.92 Å². The van der Waals surface area contributed by atoms with Crippen LogP contribution in [0.1, 0.15) is 52.2 Å². The average Bonchev–Trinajstić information content (AvgIpc) is 1.13. The predicted octanol–water partition coefficient (Wildman–Crippen LogP) is 14.2. The molecular weight excluding hydrogens is 1760 g/mol. The van der Waals surface area contributed by atoms with Gasteiger partial charge in [-0.2, -0.15) is 20.4 Å². The fraction of sp³-hybridized carbons (Fsp3) is 0.333. The highest BCUT2D eigenvalue weighted by Gasteiger charge is 2.26. The number of ether oxygens (including phenoxy) is 9. The molecule has 18 rings (SSSR count). The van der Waals surface area contributed by atoms with Crippen LogP contribution >= 0.6 is 0 Å². The van der Waals surface area contributed by atoms with E-state index in [1.54, 1.807) is 119 Å². The first-order chi connectivity index (χ1) is 67.2. The molecule has 36 nitrogen and oxygen atoms in total. The number of nitrogens with zero attached hydrogens (tertiary/aromatic N) is 21. The highest BCUT2D eigenvalue weighted by atomic mass is 16.5. The third-order valence-electron chi connectivity index (χ3n) is 23.7. The van der Waals surface area contributed by atoms with E-state index in [2.05, 4.69) is 62.3 Å². The number of aliphatic hydroxyl groups excluding tert-OH is 6. The molecule has 36 heteroatoms. The quantitative estimate of drug-likeness (QED) is 0.0215. The average molecular weight is 1880 g/mol. The topological polar surface area (TPSA) is 395 Å². The molecule has 720 valence electrons. The van der Waals surface area contributed by atoms with Gasteiger partial charge in [-0.05, 0) is 123 Å². The van der Waals surface area contributed by atoms with Gasteiger partial charge < -0.3 is 97.8 Å². The van der Waals surface area contributed by atoms with Gasteiger partial charge in [-0.3, -0.25) is 34.0 Å². The molecule has 0 spiro atoms. The van der Waals surface area contributed by atoms with Crippen LogP contribution in [0.5, 0.6) is 46.0 Å². The normalized spacial score (nSPS) is 13.5. The third kappa shape index (κ3) is 24.4. The van der Waals surface area contributed by atoms with E-state index in [-0.39, 0.29) is 51.3 Å². The van der Waals surface area contributed by atoms with Gasteiger partial charge in [0.15, 0.2) is 0 Å². The van der Waals surface area contributed by atoms with Gasteiger partial charge in [0, 0.05) is 214 Å². The van der Waals surface area contributed by atoms with Gasteiger partial charge in [-0.1, -0.05) is 13.8 Å². The van der Waals surface area contributed by atoms with Crippen LogP contribution in [-0.2, 0) is 25.4 Å². The summed E-state index contributed by atoms with van der Waals surface area (Å²) in [5, 5.41) is 75.6.